The summed E-state index contributed by atoms with van der Waals surface area (Å²) in [5.74, 6) is -1.20. The second-order valence-electron chi connectivity index (χ2n) is 8.84. The first kappa shape index (κ1) is 20.6. The van der Waals surface area contributed by atoms with Crippen LogP contribution < -0.4 is 0 Å². The van der Waals surface area contributed by atoms with Crippen molar-refractivity contribution in [3.05, 3.63) is 77.0 Å². The number of aromatic amines is 1. The highest BCUT2D eigenvalue weighted by Crippen LogP contribution is 2.43. The molecule has 2 N–H and O–H groups in total. The van der Waals surface area contributed by atoms with Crippen LogP contribution in [0.1, 0.15) is 61.8 Å². The molecule has 2 heterocycles. The Labute approximate surface area is 187 Å². The van der Waals surface area contributed by atoms with Gasteiger partial charge in [0.15, 0.2) is 0 Å². The Morgan fingerprint density at radius 3 is 2.47 bits per heavy atom. The van der Waals surface area contributed by atoms with E-state index < -0.39 is 17.7 Å². The van der Waals surface area contributed by atoms with Crippen LogP contribution in [-0.4, -0.2) is 32.7 Å². The topological polar surface area (TPSA) is 73.4 Å². The molecule has 2 fully saturated rings. The lowest BCUT2D eigenvalue weighted by molar-refractivity contribution is -0.141. The quantitative estimate of drug-likeness (QED) is 0.328. The number of aliphatic hydroxyl groups excluding tert-OH is 1. The number of carbonyl (C=O) groups is 2. The number of Topliss-reactive ketones (excluding diaryl/α,β-unsaturated/α-hetero) is 1. The highest BCUT2D eigenvalue weighted by atomic mass is 16.3. The van der Waals surface area contributed by atoms with Gasteiger partial charge in [-0.25, -0.2) is 0 Å². The molecule has 0 radical (unpaired) electrons. The summed E-state index contributed by atoms with van der Waals surface area (Å²) in [5, 5.41) is 12.2. The van der Waals surface area contributed by atoms with Crippen LogP contribution in [0.2, 0.25) is 0 Å². The molecule has 2 aromatic carbocycles. The smallest absolute Gasteiger partial charge is 0.295 e. The normalized spacial score (nSPS) is 21.5. The van der Waals surface area contributed by atoms with E-state index in [0.29, 0.717) is 5.56 Å². The summed E-state index contributed by atoms with van der Waals surface area (Å²) in [6, 6.07) is 15.2. The van der Waals surface area contributed by atoms with Crippen LogP contribution in [0.4, 0.5) is 0 Å². The third kappa shape index (κ3) is 3.32. The van der Waals surface area contributed by atoms with E-state index in [1.165, 1.54) is 5.56 Å². The molecule has 1 amide bonds. The zero-order chi connectivity index (χ0) is 22.2. The zero-order valence-electron chi connectivity index (χ0n) is 18.3. The van der Waals surface area contributed by atoms with Crippen LogP contribution in [0.25, 0.3) is 16.7 Å². The van der Waals surface area contributed by atoms with Gasteiger partial charge in [0.25, 0.3) is 11.7 Å². The highest BCUT2D eigenvalue weighted by Gasteiger charge is 2.49. The van der Waals surface area contributed by atoms with Crippen molar-refractivity contribution in [1.82, 2.24) is 9.88 Å². The number of aromatic nitrogens is 1. The van der Waals surface area contributed by atoms with Crippen LogP contribution in [0.5, 0.6) is 0 Å². The molecule has 2 aliphatic rings. The number of benzene rings is 2. The fourth-order valence-electron chi connectivity index (χ4n) is 5.26. The Bertz CT molecular complexity index is 1200. The Balaban J connectivity index is 1.68. The first-order valence-corrected chi connectivity index (χ1v) is 11.6. The fraction of sp³-hybridized carbons (Fsp3) is 0.333. The van der Waals surface area contributed by atoms with Crippen molar-refractivity contribution in [3.63, 3.8) is 0 Å². The lowest BCUT2D eigenvalue weighted by Gasteiger charge is -2.35. The van der Waals surface area contributed by atoms with Crippen LogP contribution in [0.3, 0.4) is 0 Å². The lowest BCUT2D eigenvalue weighted by atomic mass is 9.90. The number of hydrogen-bond donors (Lipinski definition) is 2. The number of ketones is 1. The van der Waals surface area contributed by atoms with Gasteiger partial charge < -0.3 is 15.0 Å². The molecular formula is C27H28N2O3. The Hall–Kier alpha value is -3.34. The summed E-state index contributed by atoms with van der Waals surface area (Å²) >= 11 is 0. The van der Waals surface area contributed by atoms with E-state index in [0.717, 1.165) is 55.0 Å². The molecule has 3 aromatic rings. The monoisotopic (exact) mass is 428 g/mol. The minimum atomic E-state index is -0.595. The zero-order valence-corrected chi connectivity index (χ0v) is 18.3. The van der Waals surface area contributed by atoms with Gasteiger partial charge in [-0.2, -0.15) is 0 Å². The highest BCUT2D eigenvalue weighted by molar-refractivity contribution is 6.46. The second-order valence-corrected chi connectivity index (χ2v) is 8.84. The number of aliphatic hydroxyl groups is 1. The molecule has 164 valence electrons. The molecule has 1 unspecified atom stereocenters. The summed E-state index contributed by atoms with van der Waals surface area (Å²) in [6.45, 7) is 2.10. The molecule has 1 saturated carbocycles. The lowest BCUT2D eigenvalue weighted by Crippen LogP contribution is -2.40. The van der Waals surface area contributed by atoms with Crippen LogP contribution in [-0.2, 0) is 16.0 Å². The average molecular weight is 429 g/mol. The second kappa shape index (κ2) is 8.30. The molecule has 1 aliphatic heterocycles. The summed E-state index contributed by atoms with van der Waals surface area (Å²) in [6.07, 6.45) is 7.68. The molecule has 5 nitrogen and oxygen atoms in total. The standard InChI is InChI=1S/C27H28N2O3/c1-2-17-12-14-18(15-13-17)24-23(25(30)21-16-28-22-11-7-6-10-20(21)22)26(31)27(32)29(24)19-8-4-3-5-9-19/h6-7,10-16,19,24,28,30H,2-5,8-9H2,1H3/b25-23-. The van der Waals surface area contributed by atoms with Crippen molar-refractivity contribution in [2.75, 3.05) is 0 Å². The number of fused-ring (bicyclic) bond motifs is 1. The van der Waals surface area contributed by atoms with Gasteiger partial charge in [-0.15, -0.1) is 0 Å². The summed E-state index contributed by atoms with van der Waals surface area (Å²) in [7, 11) is 0. The first-order valence-electron chi connectivity index (χ1n) is 11.6. The van der Waals surface area contributed by atoms with Crippen molar-refractivity contribution >= 4 is 28.4 Å². The number of likely N-dealkylation sites (tertiary alicyclic amines) is 1. The van der Waals surface area contributed by atoms with E-state index in [4.69, 9.17) is 0 Å². The minimum Gasteiger partial charge on any atom is -0.507 e. The number of para-hydroxylation sites is 1. The van der Waals surface area contributed by atoms with Gasteiger partial charge in [-0.3, -0.25) is 9.59 Å². The summed E-state index contributed by atoms with van der Waals surface area (Å²) in [5.41, 5.74) is 3.68. The number of nitrogens with zero attached hydrogens (tertiary/aromatic N) is 1. The molecule has 0 spiro atoms. The molecule has 1 saturated heterocycles. The molecule has 32 heavy (non-hydrogen) atoms. The van der Waals surface area contributed by atoms with Crippen molar-refractivity contribution in [1.29, 1.82) is 0 Å². The maximum Gasteiger partial charge on any atom is 0.295 e. The van der Waals surface area contributed by atoms with Gasteiger partial charge >= 0.3 is 0 Å². The van der Waals surface area contributed by atoms with E-state index >= 15 is 0 Å². The van der Waals surface area contributed by atoms with Gasteiger partial charge in [0, 0.05) is 28.7 Å². The SMILES string of the molecule is CCc1ccc(C2/C(=C(/O)c3c[nH]c4ccccc34)C(=O)C(=O)N2C2CCCCC2)cc1. The Morgan fingerprint density at radius 1 is 1.03 bits per heavy atom. The van der Waals surface area contributed by atoms with Crippen molar-refractivity contribution < 1.29 is 14.7 Å². The van der Waals surface area contributed by atoms with E-state index in [1.807, 2.05) is 48.5 Å². The van der Waals surface area contributed by atoms with E-state index in [-0.39, 0.29) is 17.4 Å². The number of aryl methyl sites for hydroxylation is 1. The first-order chi connectivity index (χ1) is 15.6. The number of hydrogen-bond acceptors (Lipinski definition) is 3. The van der Waals surface area contributed by atoms with Gasteiger partial charge in [0.2, 0.25) is 0 Å². The maximum absolute atomic E-state index is 13.3. The van der Waals surface area contributed by atoms with Gasteiger partial charge in [-0.05, 0) is 36.5 Å². The van der Waals surface area contributed by atoms with E-state index in [9.17, 15) is 14.7 Å². The Morgan fingerprint density at radius 2 is 1.75 bits per heavy atom. The minimum absolute atomic E-state index is 0.0179. The van der Waals surface area contributed by atoms with Crippen molar-refractivity contribution in [2.24, 2.45) is 0 Å². The molecule has 0 bridgehead atoms. The van der Waals surface area contributed by atoms with E-state index in [1.54, 1.807) is 11.1 Å². The number of rotatable bonds is 4. The molecule has 1 aromatic heterocycles. The number of nitrogens with one attached hydrogen (secondary N) is 1. The summed E-state index contributed by atoms with van der Waals surface area (Å²) < 4.78 is 0. The fourth-order valence-corrected chi connectivity index (χ4v) is 5.26. The largest absolute Gasteiger partial charge is 0.507 e. The van der Waals surface area contributed by atoms with Crippen molar-refractivity contribution in [2.45, 2.75) is 57.5 Å². The van der Waals surface area contributed by atoms with Crippen LogP contribution in [0.15, 0.2) is 60.3 Å². The third-order valence-electron chi connectivity index (χ3n) is 7.00. The number of carbonyl (C=O) groups excluding carboxylic acids is 2. The van der Waals surface area contributed by atoms with Crippen LogP contribution >= 0.6 is 0 Å². The molecule has 5 heteroatoms. The maximum atomic E-state index is 13.3. The average Bonchev–Trinajstić information content (AvgIpc) is 3.38. The predicted octanol–water partition coefficient (Wildman–Crippen LogP) is 5.48. The van der Waals surface area contributed by atoms with Crippen LogP contribution in [0, 0.1) is 0 Å². The predicted molar refractivity (Wildman–Crippen MR) is 125 cm³/mol. The van der Waals surface area contributed by atoms with Gasteiger partial charge in [0.1, 0.15) is 5.76 Å². The van der Waals surface area contributed by atoms with Crippen molar-refractivity contribution in [3.8, 4) is 0 Å². The molecule has 1 aliphatic carbocycles. The van der Waals surface area contributed by atoms with E-state index in [2.05, 4.69) is 11.9 Å². The molecule has 1 atom stereocenters. The molecule has 5 rings (SSSR count). The Kier molecular flexibility index (Phi) is 5.33. The van der Waals surface area contributed by atoms with Gasteiger partial charge in [-0.1, -0.05) is 68.7 Å². The third-order valence-corrected chi connectivity index (χ3v) is 7.00. The number of H-pyrrole nitrogens is 1. The molecular weight excluding hydrogens is 400 g/mol. The number of amides is 1. The van der Waals surface area contributed by atoms with Gasteiger partial charge in [0.05, 0.1) is 11.6 Å². The summed E-state index contributed by atoms with van der Waals surface area (Å²) in [4.78, 5) is 31.5.